The molecule has 0 saturated carbocycles. The van der Waals surface area contributed by atoms with Crippen LogP contribution in [0.5, 0.6) is 0 Å². The van der Waals surface area contributed by atoms with E-state index in [2.05, 4.69) is 19.9 Å². The fraction of sp³-hybridized carbons (Fsp3) is 0.263. The molecule has 1 saturated heterocycles. The van der Waals surface area contributed by atoms with E-state index in [1.807, 2.05) is 0 Å². The number of anilines is 1. The first-order valence-corrected chi connectivity index (χ1v) is 11.0. The van der Waals surface area contributed by atoms with Gasteiger partial charge in [0.15, 0.2) is 0 Å². The number of ether oxygens (including phenoxy) is 1. The van der Waals surface area contributed by atoms with Crippen LogP contribution >= 0.6 is 11.6 Å². The van der Waals surface area contributed by atoms with Crippen molar-refractivity contribution in [1.82, 2.24) is 19.9 Å². The first-order chi connectivity index (χ1) is 14.0. The summed E-state index contributed by atoms with van der Waals surface area (Å²) in [5.74, 6) is 0. The molecule has 0 radical (unpaired) electrons. The number of rotatable bonds is 6. The molecule has 1 fully saturated rings. The molecule has 0 amide bonds. The van der Waals surface area contributed by atoms with E-state index in [1.54, 1.807) is 47.3 Å². The largest absolute Gasteiger partial charge is 0.379 e. The van der Waals surface area contributed by atoms with Crippen LogP contribution < -0.4 is 4.72 Å². The van der Waals surface area contributed by atoms with E-state index < -0.39 is 10.0 Å². The zero-order valence-electron chi connectivity index (χ0n) is 15.5. The van der Waals surface area contributed by atoms with Crippen molar-refractivity contribution in [3.05, 3.63) is 65.4 Å². The fourth-order valence-corrected chi connectivity index (χ4v) is 4.39. The highest BCUT2D eigenvalue weighted by Gasteiger charge is 2.20. The van der Waals surface area contributed by atoms with Crippen molar-refractivity contribution in [2.24, 2.45) is 0 Å². The molecular weight excluding hydrogens is 414 g/mol. The molecule has 0 unspecified atom stereocenters. The Hall–Kier alpha value is -2.46. The number of hydrogen-bond acceptors (Lipinski definition) is 6. The maximum atomic E-state index is 12.8. The third kappa shape index (κ3) is 4.59. The smallest absolute Gasteiger partial charge is 0.261 e. The van der Waals surface area contributed by atoms with Crippen LogP contribution in [0.15, 0.2) is 59.6 Å². The van der Waals surface area contributed by atoms with Crippen LogP contribution in [-0.4, -0.2) is 54.6 Å². The molecule has 29 heavy (non-hydrogen) atoms. The second-order valence-electron chi connectivity index (χ2n) is 6.61. The third-order valence-electron chi connectivity index (χ3n) is 4.59. The summed E-state index contributed by atoms with van der Waals surface area (Å²) in [4.78, 5) is 2.41. The van der Waals surface area contributed by atoms with Gasteiger partial charge < -0.3 is 4.74 Å². The van der Waals surface area contributed by atoms with Gasteiger partial charge in [0.1, 0.15) is 0 Å². The first-order valence-electron chi connectivity index (χ1n) is 9.10. The lowest BCUT2D eigenvalue weighted by Crippen LogP contribution is -2.36. The Bertz CT molecular complexity index is 1080. The normalized spacial score (nSPS) is 15.3. The Morgan fingerprint density at radius 2 is 1.86 bits per heavy atom. The van der Waals surface area contributed by atoms with Crippen molar-refractivity contribution >= 4 is 27.3 Å². The van der Waals surface area contributed by atoms with E-state index in [4.69, 9.17) is 16.3 Å². The average Bonchev–Trinajstić information content (AvgIpc) is 3.18. The Balaban J connectivity index is 1.67. The Morgan fingerprint density at radius 1 is 1.10 bits per heavy atom. The van der Waals surface area contributed by atoms with Crippen LogP contribution in [0.4, 0.5) is 5.69 Å². The Labute approximate surface area is 174 Å². The summed E-state index contributed by atoms with van der Waals surface area (Å²) in [6, 6.07) is 13.1. The first kappa shape index (κ1) is 19.8. The van der Waals surface area contributed by atoms with Crippen molar-refractivity contribution in [2.75, 3.05) is 31.0 Å². The molecule has 0 spiro atoms. The highest BCUT2D eigenvalue weighted by Crippen LogP contribution is 2.27. The molecule has 152 valence electrons. The molecule has 2 heterocycles. The lowest BCUT2D eigenvalue weighted by molar-refractivity contribution is 0.0333. The number of nitrogens with zero attached hydrogens (tertiary/aromatic N) is 4. The molecule has 0 atom stereocenters. The SMILES string of the molecule is O=S(=O)(Nc1ccc(Cl)cc1-n1nncc1CN1CCOCC1)c1ccccc1. The van der Waals surface area contributed by atoms with Gasteiger partial charge in [-0.3, -0.25) is 9.62 Å². The van der Waals surface area contributed by atoms with Crippen molar-refractivity contribution in [3.63, 3.8) is 0 Å². The van der Waals surface area contributed by atoms with E-state index in [9.17, 15) is 8.42 Å². The van der Waals surface area contributed by atoms with Gasteiger partial charge in [-0.25, -0.2) is 13.1 Å². The second kappa shape index (κ2) is 8.50. The molecule has 8 nitrogen and oxygen atoms in total. The van der Waals surface area contributed by atoms with E-state index in [0.29, 0.717) is 36.2 Å². The number of aromatic nitrogens is 3. The van der Waals surface area contributed by atoms with Crippen LogP contribution in [0.1, 0.15) is 5.69 Å². The molecule has 2 aromatic carbocycles. The monoisotopic (exact) mass is 433 g/mol. The van der Waals surface area contributed by atoms with Crippen LogP contribution in [0.2, 0.25) is 5.02 Å². The van der Waals surface area contributed by atoms with Gasteiger partial charge in [-0.05, 0) is 30.3 Å². The van der Waals surface area contributed by atoms with Crippen LogP contribution in [0, 0.1) is 0 Å². The fourth-order valence-electron chi connectivity index (χ4n) is 3.12. The van der Waals surface area contributed by atoms with E-state index in [-0.39, 0.29) is 4.90 Å². The minimum atomic E-state index is -3.76. The van der Waals surface area contributed by atoms with Gasteiger partial charge in [-0.1, -0.05) is 35.0 Å². The number of halogens is 1. The third-order valence-corrected chi connectivity index (χ3v) is 6.21. The summed E-state index contributed by atoms with van der Waals surface area (Å²) in [7, 11) is -3.76. The van der Waals surface area contributed by atoms with Crippen LogP contribution in [-0.2, 0) is 21.3 Å². The van der Waals surface area contributed by atoms with E-state index in [1.165, 1.54) is 12.1 Å². The van der Waals surface area contributed by atoms with Gasteiger partial charge >= 0.3 is 0 Å². The molecule has 1 aromatic heterocycles. The number of nitrogens with one attached hydrogen (secondary N) is 1. The summed E-state index contributed by atoms with van der Waals surface area (Å²) in [5, 5.41) is 8.66. The predicted molar refractivity (Wildman–Crippen MR) is 110 cm³/mol. The van der Waals surface area contributed by atoms with Gasteiger partial charge in [0.2, 0.25) is 0 Å². The van der Waals surface area contributed by atoms with Gasteiger partial charge in [-0.15, -0.1) is 5.10 Å². The van der Waals surface area contributed by atoms with E-state index in [0.717, 1.165) is 18.8 Å². The molecular formula is C19H20ClN5O3S. The van der Waals surface area contributed by atoms with Gasteiger partial charge in [0.25, 0.3) is 10.0 Å². The van der Waals surface area contributed by atoms with Gasteiger partial charge in [-0.2, -0.15) is 0 Å². The minimum absolute atomic E-state index is 0.174. The molecule has 0 bridgehead atoms. The minimum Gasteiger partial charge on any atom is -0.379 e. The zero-order chi connectivity index (χ0) is 20.3. The highest BCUT2D eigenvalue weighted by molar-refractivity contribution is 7.92. The molecule has 3 aromatic rings. The maximum Gasteiger partial charge on any atom is 0.261 e. The molecule has 1 aliphatic heterocycles. The van der Waals surface area contributed by atoms with Crippen molar-refractivity contribution in [2.45, 2.75) is 11.4 Å². The van der Waals surface area contributed by atoms with Gasteiger partial charge in [0, 0.05) is 24.7 Å². The maximum absolute atomic E-state index is 12.8. The molecule has 1 aliphatic rings. The topological polar surface area (TPSA) is 89.3 Å². The van der Waals surface area contributed by atoms with Crippen LogP contribution in [0.25, 0.3) is 5.69 Å². The number of hydrogen-bond donors (Lipinski definition) is 1. The quantitative estimate of drug-likeness (QED) is 0.642. The number of sulfonamides is 1. The summed E-state index contributed by atoms with van der Waals surface area (Å²) in [6.07, 6.45) is 1.67. The van der Waals surface area contributed by atoms with Crippen molar-refractivity contribution in [3.8, 4) is 5.69 Å². The number of benzene rings is 2. The van der Waals surface area contributed by atoms with Gasteiger partial charge in [0.05, 0.1) is 41.4 Å². The van der Waals surface area contributed by atoms with E-state index >= 15 is 0 Å². The zero-order valence-corrected chi connectivity index (χ0v) is 17.1. The summed E-state index contributed by atoms with van der Waals surface area (Å²) in [6.45, 7) is 3.61. The molecule has 1 N–H and O–H groups in total. The Kier molecular flexibility index (Phi) is 5.81. The lowest BCUT2D eigenvalue weighted by atomic mass is 10.2. The van der Waals surface area contributed by atoms with Crippen molar-refractivity contribution in [1.29, 1.82) is 0 Å². The molecule has 4 rings (SSSR count). The Morgan fingerprint density at radius 3 is 2.62 bits per heavy atom. The average molecular weight is 434 g/mol. The van der Waals surface area contributed by atoms with Crippen molar-refractivity contribution < 1.29 is 13.2 Å². The number of morpholine rings is 1. The molecule has 10 heteroatoms. The summed E-state index contributed by atoms with van der Waals surface area (Å²) in [5.41, 5.74) is 1.71. The van der Waals surface area contributed by atoms with Crippen LogP contribution in [0.3, 0.4) is 0 Å². The standard InChI is InChI=1S/C19H20ClN5O3S/c20-15-6-7-18(22-29(26,27)17-4-2-1-3-5-17)19(12-15)25-16(13-21-23-25)14-24-8-10-28-11-9-24/h1-7,12-13,22H,8-11,14H2. The second-order valence-corrected chi connectivity index (χ2v) is 8.72. The highest BCUT2D eigenvalue weighted by atomic mass is 35.5. The lowest BCUT2D eigenvalue weighted by Gasteiger charge is -2.26. The predicted octanol–water partition coefficient (Wildman–Crippen LogP) is 2.55. The summed E-state index contributed by atoms with van der Waals surface area (Å²) >= 11 is 6.20. The summed E-state index contributed by atoms with van der Waals surface area (Å²) < 4.78 is 35.2. The molecule has 0 aliphatic carbocycles.